The van der Waals surface area contributed by atoms with Crippen molar-refractivity contribution in [2.45, 2.75) is 12.7 Å². The number of nitrogens with zero attached hydrogens (tertiary/aromatic N) is 1. The molecule has 0 saturated heterocycles. The van der Waals surface area contributed by atoms with Crippen LogP contribution in [0.1, 0.15) is 21.5 Å². The maximum absolute atomic E-state index is 11.1. The molecule has 22 heavy (non-hydrogen) atoms. The van der Waals surface area contributed by atoms with Crippen molar-refractivity contribution in [1.82, 2.24) is 0 Å². The quantitative estimate of drug-likeness (QED) is 0.400. The van der Waals surface area contributed by atoms with Crippen molar-refractivity contribution in [3.8, 4) is 0 Å². The number of amides is 1. The third-order valence-corrected chi connectivity index (χ3v) is 3.66. The van der Waals surface area contributed by atoms with Crippen molar-refractivity contribution in [1.29, 1.82) is 0 Å². The molecule has 1 aromatic heterocycles. The molecule has 0 unspecified atom stereocenters. The largest absolute Gasteiger partial charge is 1.00 e. The van der Waals surface area contributed by atoms with Crippen molar-refractivity contribution in [3.05, 3.63) is 65.5 Å². The van der Waals surface area contributed by atoms with Gasteiger partial charge < -0.3 is 32.5 Å². The van der Waals surface area contributed by atoms with Crippen LogP contribution in [0.15, 0.2) is 48.8 Å². The Hall–Kier alpha value is -1.53. The lowest BCUT2D eigenvalue weighted by molar-refractivity contribution is -0.688. The molecule has 0 aliphatic carbocycles. The second-order valence-corrected chi connectivity index (χ2v) is 6.42. The van der Waals surface area contributed by atoms with Crippen LogP contribution in [0.25, 0.3) is 0 Å². The van der Waals surface area contributed by atoms with Crippen LogP contribution in [0.3, 0.4) is 0 Å². The van der Waals surface area contributed by atoms with Gasteiger partial charge in [0.05, 0.1) is 6.16 Å². The number of halogens is 1. The highest BCUT2D eigenvalue weighted by atomic mass is 79.9. The van der Waals surface area contributed by atoms with Gasteiger partial charge in [-0.15, -0.1) is 0 Å². The summed E-state index contributed by atoms with van der Waals surface area (Å²) in [6.07, 6.45) is 3.15. The van der Waals surface area contributed by atoms with E-state index in [1.54, 1.807) is 47.3 Å². The van der Waals surface area contributed by atoms with E-state index in [9.17, 15) is 9.36 Å². The van der Waals surface area contributed by atoms with Gasteiger partial charge in [0.2, 0.25) is 0 Å². The Morgan fingerprint density at radius 1 is 1.18 bits per heavy atom. The van der Waals surface area contributed by atoms with Gasteiger partial charge >= 0.3 is 7.60 Å². The zero-order valence-corrected chi connectivity index (χ0v) is 14.1. The minimum atomic E-state index is -4.08. The number of rotatable bonds is 5. The topological polar surface area (TPSA) is 105 Å². The highest BCUT2D eigenvalue weighted by Gasteiger charge is 2.15. The molecule has 1 amide bonds. The second kappa shape index (κ2) is 7.65. The third kappa shape index (κ3) is 5.69. The Labute approximate surface area is 138 Å². The summed E-state index contributed by atoms with van der Waals surface area (Å²) >= 11 is 0. The molecule has 1 aromatic carbocycles. The summed E-state index contributed by atoms with van der Waals surface area (Å²) in [5, 5.41) is 0. The minimum Gasteiger partial charge on any atom is -1.00 e. The molecule has 6 nitrogen and oxygen atoms in total. The highest BCUT2D eigenvalue weighted by molar-refractivity contribution is 7.50. The molecule has 1 heterocycles. The number of hydrogen-bond donors (Lipinski definition) is 3. The molecule has 0 bridgehead atoms. The van der Waals surface area contributed by atoms with Crippen LogP contribution in [0.2, 0.25) is 0 Å². The zero-order chi connectivity index (χ0) is 15.5. The molecular formula is C14H16BrN2O4P. The van der Waals surface area contributed by atoms with E-state index in [-0.39, 0.29) is 23.1 Å². The number of hydrogen-bond acceptors (Lipinski definition) is 2. The van der Waals surface area contributed by atoms with E-state index < -0.39 is 13.5 Å². The smallest absolute Gasteiger partial charge is 0.329 e. The van der Waals surface area contributed by atoms with Gasteiger partial charge in [0, 0.05) is 11.6 Å². The summed E-state index contributed by atoms with van der Waals surface area (Å²) in [5.41, 5.74) is 7.10. The van der Waals surface area contributed by atoms with E-state index in [0.29, 0.717) is 17.7 Å². The van der Waals surface area contributed by atoms with E-state index in [1.165, 1.54) is 0 Å². The Kier molecular flexibility index (Phi) is 6.44. The van der Waals surface area contributed by atoms with E-state index in [0.717, 1.165) is 5.56 Å². The minimum absolute atomic E-state index is 0. The molecular weight excluding hydrogens is 371 g/mol. The Balaban J connectivity index is 0.00000242. The predicted molar refractivity (Wildman–Crippen MR) is 76.4 cm³/mol. The summed E-state index contributed by atoms with van der Waals surface area (Å²) in [6, 6.07) is 10.4. The van der Waals surface area contributed by atoms with Crippen LogP contribution in [0, 0.1) is 0 Å². The van der Waals surface area contributed by atoms with Crippen LogP contribution in [0.5, 0.6) is 0 Å². The molecule has 8 heteroatoms. The molecule has 118 valence electrons. The lowest BCUT2D eigenvalue weighted by Gasteiger charge is -2.05. The van der Waals surface area contributed by atoms with Gasteiger partial charge in [-0.1, -0.05) is 18.2 Å². The maximum atomic E-state index is 11.1. The number of primary amides is 1. The molecule has 0 fully saturated rings. The van der Waals surface area contributed by atoms with Crippen molar-refractivity contribution < 1.29 is 40.7 Å². The number of nitrogens with two attached hydrogens (primary N) is 1. The first kappa shape index (κ1) is 18.5. The van der Waals surface area contributed by atoms with Gasteiger partial charge in [-0.3, -0.25) is 9.36 Å². The third-order valence-electron chi connectivity index (χ3n) is 2.89. The van der Waals surface area contributed by atoms with Gasteiger partial charge in [-0.05, 0) is 17.7 Å². The van der Waals surface area contributed by atoms with Crippen molar-refractivity contribution in [2.24, 2.45) is 5.73 Å². The predicted octanol–water partition coefficient (Wildman–Crippen LogP) is -2.20. The molecule has 0 saturated carbocycles. The SMILES string of the molecule is NC(=O)c1ccc[n+](Cc2cccc(CP(=O)(O)O)c2)c1.[Br-]. The van der Waals surface area contributed by atoms with E-state index >= 15 is 0 Å². The first-order chi connectivity index (χ1) is 9.83. The highest BCUT2D eigenvalue weighted by Crippen LogP contribution is 2.38. The van der Waals surface area contributed by atoms with Crippen molar-refractivity contribution >= 4 is 13.5 Å². The van der Waals surface area contributed by atoms with Gasteiger partial charge in [0.15, 0.2) is 18.9 Å². The maximum Gasteiger partial charge on any atom is 0.329 e. The Morgan fingerprint density at radius 3 is 2.50 bits per heavy atom. The van der Waals surface area contributed by atoms with Gasteiger partial charge in [0.1, 0.15) is 5.56 Å². The molecule has 0 atom stereocenters. The summed E-state index contributed by atoms with van der Waals surface area (Å²) < 4.78 is 12.8. The van der Waals surface area contributed by atoms with E-state index in [1.807, 2.05) is 6.07 Å². The van der Waals surface area contributed by atoms with E-state index in [4.69, 9.17) is 15.5 Å². The average Bonchev–Trinajstić information content (AvgIpc) is 2.37. The number of aromatic nitrogens is 1. The average molecular weight is 387 g/mol. The number of carbonyl (C=O) groups excluding carboxylic acids is 1. The second-order valence-electron chi connectivity index (χ2n) is 4.77. The molecule has 0 radical (unpaired) electrons. The van der Waals surface area contributed by atoms with Crippen molar-refractivity contribution in [2.75, 3.05) is 0 Å². The molecule has 4 N–H and O–H groups in total. The van der Waals surface area contributed by atoms with Gasteiger partial charge in [-0.25, -0.2) is 0 Å². The van der Waals surface area contributed by atoms with Crippen LogP contribution in [-0.2, 0) is 17.3 Å². The molecule has 0 aliphatic rings. The fourth-order valence-electron chi connectivity index (χ4n) is 2.04. The number of benzene rings is 1. The van der Waals surface area contributed by atoms with E-state index in [2.05, 4.69) is 0 Å². The van der Waals surface area contributed by atoms with Crippen LogP contribution in [0.4, 0.5) is 0 Å². The number of carbonyl (C=O) groups is 1. The molecule has 2 aromatic rings. The fourth-order valence-corrected chi connectivity index (χ4v) is 2.71. The first-order valence-corrected chi connectivity index (χ1v) is 8.04. The molecule has 2 rings (SSSR count). The van der Waals surface area contributed by atoms with Gasteiger partial charge in [0.25, 0.3) is 5.91 Å². The summed E-state index contributed by atoms with van der Waals surface area (Å²) in [4.78, 5) is 29.1. The first-order valence-electron chi connectivity index (χ1n) is 6.25. The summed E-state index contributed by atoms with van der Waals surface area (Å²) in [5.74, 6) is -0.500. The standard InChI is InChI=1S/C14H15N2O4P.BrH/c15-14(17)13-5-2-6-16(9-13)8-11-3-1-4-12(7-11)10-21(18,19)20;/h1-7,9H,8,10H2,(H3-,15,17,18,19,20);1H. The lowest BCUT2D eigenvalue weighted by atomic mass is 10.1. The number of pyridine rings is 1. The van der Waals surface area contributed by atoms with Crippen LogP contribution < -0.4 is 27.3 Å². The fraction of sp³-hybridized carbons (Fsp3) is 0.143. The molecule has 0 spiro atoms. The van der Waals surface area contributed by atoms with Crippen LogP contribution in [-0.4, -0.2) is 15.7 Å². The lowest BCUT2D eigenvalue weighted by Crippen LogP contribution is -3.00. The monoisotopic (exact) mass is 386 g/mol. The van der Waals surface area contributed by atoms with Gasteiger partial charge in [-0.2, -0.15) is 4.57 Å². The normalized spacial score (nSPS) is 10.8. The summed E-state index contributed by atoms with van der Waals surface area (Å²) in [7, 11) is -4.08. The Morgan fingerprint density at radius 2 is 1.86 bits per heavy atom. The zero-order valence-electron chi connectivity index (χ0n) is 11.6. The summed E-state index contributed by atoms with van der Waals surface area (Å²) in [6.45, 7) is 0.482. The van der Waals surface area contributed by atoms with Crippen molar-refractivity contribution in [3.63, 3.8) is 0 Å². The molecule has 0 aliphatic heterocycles. The van der Waals surface area contributed by atoms with Crippen LogP contribution >= 0.6 is 7.60 Å². The Bertz CT molecular complexity index is 717.